The van der Waals surface area contributed by atoms with Gasteiger partial charge in [0.15, 0.2) is 0 Å². The summed E-state index contributed by atoms with van der Waals surface area (Å²) in [4.78, 5) is 0. The van der Waals surface area contributed by atoms with Gasteiger partial charge < -0.3 is 4.74 Å². The van der Waals surface area contributed by atoms with E-state index in [2.05, 4.69) is 16.6 Å². The third kappa shape index (κ3) is 7.60. The molecule has 0 radical (unpaired) electrons. The molecule has 6 heteroatoms. The highest BCUT2D eigenvalue weighted by Gasteiger charge is 2.28. The minimum atomic E-state index is -4.62. The molecule has 1 aromatic carbocycles. The summed E-state index contributed by atoms with van der Waals surface area (Å²) in [5.41, 5.74) is 0.795. The quantitative estimate of drug-likeness (QED) is 0.469. The topological polar surface area (TPSA) is 18.5 Å². The van der Waals surface area contributed by atoms with E-state index in [0.29, 0.717) is 18.1 Å². The van der Waals surface area contributed by atoms with Gasteiger partial charge in [-0.25, -0.2) is 0 Å². The van der Waals surface area contributed by atoms with Crippen molar-refractivity contribution in [2.24, 2.45) is 0 Å². The second-order valence-electron chi connectivity index (χ2n) is 3.41. The summed E-state index contributed by atoms with van der Waals surface area (Å²) in [5, 5.41) is 0. The lowest BCUT2D eigenvalue weighted by molar-refractivity contribution is -0.325. The molecule has 0 aliphatic rings. The van der Waals surface area contributed by atoms with Gasteiger partial charge in [0, 0.05) is 17.9 Å². The van der Waals surface area contributed by atoms with Gasteiger partial charge in [-0.15, -0.1) is 24.8 Å². The molecule has 1 rings (SSSR count). The largest absolute Gasteiger partial charge is 0.522 e. The van der Waals surface area contributed by atoms with Crippen LogP contribution in [0.15, 0.2) is 24.3 Å². The molecule has 0 saturated carbocycles. The van der Waals surface area contributed by atoms with Gasteiger partial charge in [-0.2, -0.15) is 0 Å². The predicted molar refractivity (Wildman–Crippen MR) is 66.2 cm³/mol. The Hall–Kier alpha value is -1.38. The van der Waals surface area contributed by atoms with Crippen LogP contribution in [0.4, 0.5) is 13.2 Å². The van der Waals surface area contributed by atoms with Crippen LogP contribution in [0, 0.1) is 11.8 Å². The Kier molecular flexibility index (Phi) is 6.54. The molecule has 0 fully saturated rings. The summed E-state index contributed by atoms with van der Waals surface area (Å²) in [6.45, 7) is -0.711. The standard InChI is InChI=1S/C13H12ClF3O2/c14-8-2-1-3-11-4-6-12(7-5-11)18-9-10-19-13(15,16)17/h4-7H,2,8-10H2. The van der Waals surface area contributed by atoms with E-state index in [0.717, 1.165) is 5.56 Å². The number of hydrogen-bond acceptors (Lipinski definition) is 2. The maximum absolute atomic E-state index is 11.7. The molecule has 0 spiro atoms. The average molecular weight is 293 g/mol. The van der Waals surface area contributed by atoms with Crippen molar-refractivity contribution >= 4 is 11.6 Å². The molecule has 0 aliphatic carbocycles. The van der Waals surface area contributed by atoms with E-state index in [9.17, 15) is 13.2 Å². The zero-order valence-corrected chi connectivity index (χ0v) is 10.7. The van der Waals surface area contributed by atoms with Crippen molar-refractivity contribution in [3.05, 3.63) is 29.8 Å². The van der Waals surface area contributed by atoms with E-state index in [4.69, 9.17) is 16.3 Å². The van der Waals surface area contributed by atoms with Crippen molar-refractivity contribution in [2.45, 2.75) is 12.8 Å². The first kappa shape index (κ1) is 15.7. The van der Waals surface area contributed by atoms with Gasteiger partial charge >= 0.3 is 6.36 Å². The molecule has 0 unspecified atom stereocenters. The third-order valence-corrected chi connectivity index (χ3v) is 2.11. The number of ether oxygens (including phenoxy) is 2. The number of alkyl halides is 4. The molecule has 1 aromatic rings. The number of hydrogen-bond donors (Lipinski definition) is 0. The Labute approximate surface area is 114 Å². The molecule has 104 valence electrons. The van der Waals surface area contributed by atoms with E-state index in [-0.39, 0.29) is 6.61 Å². The van der Waals surface area contributed by atoms with Crippen LogP contribution in [0.25, 0.3) is 0 Å². The second kappa shape index (κ2) is 7.93. The first-order valence-corrected chi connectivity index (χ1v) is 6.03. The Morgan fingerprint density at radius 3 is 2.37 bits per heavy atom. The maximum atomic E-state index is 11.7. The average Bonchev–Trinajstić information content (AvgIpc) is 2.36. The van der Waals surface area contributed by atoms with Crippen molar-refractivity contribution in [1.29, 1.82) is 0 Å². The van der Waals surface area contributed by atoms with E-state index >= 15 is 0 Å². The molecule has 0 N–H and O–H groups in total. The fourth-order valence-electron chi connectivity index (χ4n) is 1.16. The summed E-state index contributed by atoms with van der Waals surface area (Å²) < 4.78 is 43.7. The number of rotatable bonds is 5. The Balaban J connectivity index is 2.35. The molecule has 0 atom stereocenters. The lowest BCUT2D eigenvalue weighted by Crippen LogP contribution is -2.18. The molecule has 0 aliphatic heterocycles. The van der Waals surface area contributed by atoms with Crippen molar-refractivity contribution in [2.75, 3.05) is 19.1 Å². The van der Waals surface area contributed by atoms with Crippen LogP contribution in [-0.4, -0.2) is 25.5 Å². The zero-order chi connectivity index (χ0) is 14.1. The van der Waals surface area contributed by atoms with Gasteiger partial charge in [0.25, 0.3) is 0 Å². The maximum Gasteiger partial charge on any atom is 0.522 e. The molecule has 0 bridgehead atoms. The Morgan fingerprint density at radius 1 is 1.11 bits per heavy atom. The lowest BCUT2D eigenvalue weighted by Gasteiger charge is -2.08. The lowest BCUT2D eigenvalue weighted by atomic mass is 10.2. The SMILES string of the molecule is FC(F)(F)OCCOc1ccc(C#CCCCl)cc1. The highest BCUT2D eigenvalue weighted by molar-refractivity contribution is 6.18. The number of halogens is 4. The van der Waals surface area contributed by atoms with Crippen molar-refractivity contribution in [3.63, 3.8) is 0 Å². The van der Waals surface area contributed by atoms with Gasteiger partial charge in [-0.05, 0) is 24.3 Å². The Bertz CT molecular complexity index is 432. The fraction of sp³-hybridized carbons (Fsp3) is 0.385. The van der Waals surface area contributed by atoms with Crippen molar-refractivity contribution < 1.29 is 22.6 Å². The van der Waals surface area contributed by atoms with Gasteiger partial charge in [0.2, 0.25) is 0 Å². The summed E-state index contributed by atoms with van der Waals surface area (Å²) in [6.07, 6.45) is -4.01. The van der Waals surface area contributed by atoms with Crippen LogP contribution in [0.3, 0.4) is 0 Å². The van der Waals surface area contributed by atoms with E-state index < -0.39 is 13.0 Å². The van der Waals surface area contributed by atoms with E-state index in [1.54, 1.807) is 24.3 Å². The summed E-state index contributed by atoms with van der Waals surface area (Å²) in [7, 11) is 0. The van der Waals surface area contributed by atoms with Crippen molar-refractivity contribution in [1.82, 2.24) is 0 Å². The molecule has 2 nitrogen and oxygen atoms in total. The van der Waals surface area contributed by atoms with Crippen molar-refractivity contribution in [3.8, 4) is 17.6 Å². The predicted octanol–water partition coefficient (Wildman–Crippen LogP) is 3.58. The molecule has 0 saturated heterocycles. The molecule has 0 heterocycles. The second-order valence-corrected chi connectivity index (χ2v) is 3.79. The zero-order valence-electron chi connectivity index (χ0n) is 9.97. The summed E-state index contributed by atoms with van der Waals surface area (Å²) >= 11 is 5.48. The van der Waals surface area contributed by atoms with Crippen LogP contribution in [0.1, 0.15) is 12.0 Å². The molecule has 0 aromatic heterocycles. The molecular formula is C13H12ClF3O2. The minimum Gasteiger partial charge on any atom is -0.491 e. The van der Waals surface area contributed by atoms with Crippen LogP contribution >= 0.6 is 11.6 Å². The first-order chi connectivity index (χ1) is 9.01. The third-order valence-electron chi connectivity index (χ3n) is 1.92. The van der Waals surface area contributed by atoms with E-state index in [1.807, 2.05) is 0 Å². The fourth-order valence-corrected chi connectivity index (χ4v) is 1.26. The highest BCUT2D eigenvalue weighted by atomic mass is 35.5. The van der Waals surface area contributed by atoms with Gasteiger partial charge in [0.05, 0.1) is 6.61 Å². The monoisotopic (exact) mass is 292 g/mol. The first-order valence-electron chi connectivity index (χ1n) is 5.49. The van der Waals surface area contributed by atoms with Crippen LogP contribution in [0.2, 0.25) is 0 Å². The Morgan fingerprint density at radius 2 is 1.79 bits per heavy atom. The van der Waals surface area contributed by atoms with E-state index in [1.165, 1.54) is 0 Å². The molecule has 19 heavy (non-hydrogen) atoms. The minimum absolute atomic E-state index is 0.170. The van der Waals surface area contributed by atoms with Gasteiger partial charge in [0.1, 0.15) is 12.4 Å². The van der Waals surface area contributed by atoms with Gasteiger partial charge in [-0.3, -0.25) is 4.74 Å². The van der Waals surface area contributed by atoms with Crippen LogP contribution in [-0.2, 0) is 4.74 Å². The van der Waals surface area contributed by atoms with Crippen LogP contribution in [0.5, 0.6) is 5.75 Å². The normalized spacial score (nSPS) is 10.7. The molecular weight excluding hydrogens is 281 g/mol. The summed E-state index contributed by atoms with van der Waals surface area (Å²) in [6, 6.07) is 6.72. The van der Waals surface area contributed by atoms with Gasteiger partial charge in [-0.1, -0.05) is 11.8 Å². The number of benzene rings is 1. The molecule has 0 amide bonds. The summed E-state index contributed by atoms with van der Waals surface area (Å²) in [5.74, 6) is 6.71. The van der Waals surface area contributed by atoms with Crippen LogP contribution < -0.4 is 4.74 Å². The highest BCUT2D eigenvalue weighted by Crippen LogP contribution is 2.16. The smallest absolute Gasteiger partial charge is 0.491 e.